The summed E-state index contributed by atoms with van der Waals surface area (Å²) in [5, 5.41) is 9.91. The summed E-state index contributed by atoms with van der Waals surface area (Å²) in [5.74, 6) is 0.957. The summed E-state index contributed by atoms with van der Waals surface area (Å²) in [5.41, 5.74) is 4.62. The summed E-state index contributed by atoms with van der Waals surface area (Å²) < 4.78 is 0. The van der Waals surface area contributed by atoms with E-state index in [-0.39, 0.29) is 20.1 Å². The number of nitrogens with zero attached hydrogens (tertiary/aromatic N) is 3. The third kappa shape index (κ3) is 2.16. The zero-order chi connectivity index (χ0) is 14.5. The van der Waals surface area contributed by atoms with E-state index < -0.39 is 0 Å². The van der Waals surface area contributed by atoms with Crippen LogP contribution in [0.2, 0.25) is 0 Å². The monoisotopic (exact) mass is 494 g/mol. The molecule has 5 rings (SSSR count). The number of amidine groups is 1. The van der Waals surface area contributed by atoms with E-state index in [1.807, 2.05) is 29.9 Å². The molecule has 2 aliphatic heterocycles. The number of thiophene rings is 1. The summed E-state index contributed by atoms with van der Waals surface area (Å²) in [7, 11) is 0. The van der Waals surface area contributed by atoms with Crippen molar-refractivity contribution in [2.24, 2.45) is 5.10 Å². The molecule has 0 aliphatic carbocycles. The van der Waals surface area contributed by atoms with Gasteiger partial charge in [0.05, 0.1) is 5.00 Å². The van der Waals surface area contributed by atoms with Gasteiger partial charge in [-0.1, -0.05) is 35.5 Å². The third-order valence-corrected chi connectivity index (χ3v) is 4.78. The predicted molar refractivity (Wildman–Crippen MR) is 90.8 cm³/mol. The number of rotatable bonds is 1. The Labute approximate surface area is 152 Å². The van der Waals surface area contributed by atoms with Gasteiger partial charge in [0.15, 0.2) is 0 Å². The fourth-order valence-electron chi connectivity index (χ4n) is 2.95. The van der Waals surface area contributed by atoms with Crippen molar-refractivity contribution in [1.82, 2.24) is 0 Å². The van der Waals surface area contributed by atoms with Gasteiger partial charge >= 0.3 is 0 Å². The molecule has 3 nitrogen and oxygen atoms in total. The molecule has 0 unspecified atom stereocenters. The van der Waals surface area contributed by atoms with Crippen molar-refractivity contribution in [3.05, 3.63) is 78.3 Å². The van der Waals surface area contributed by atoms with Gasteiger partial charge in [0.2, 0.25) is 0 Å². The largest absolute Gasteiger partial charge is 0.476 e. The van der Waals surface area contributed by atoms with E-state index in [1.165, 1.54) is 11.1 Å². The Morgan fingerprint density at radius 3 is 2.61 bits per heavy atom. The molecule has 0 fully saturated rings. The van der Waals surface area contributed by atoms with Gasteiger partial charge in [-0.2, -0.15) is 29.4 Å². The van der Waals surface area contributed by atoms with E-state index in [2.05, 4.69) is 52.7 Å². The van der Waals surface area contributed by atoms with Gasteiger partial charge in [-0.05, 0) is 17.5 Å². The molecule has 3 heterocycles. The second-order valence-corrected chi connectivity index (χ2v) is 6.11. The summed E-state index contributed by atoms with van der Waals surface area (Å²) in [4.78, 5) is 2.12. The maximum Gasteiger partial charge on any atom is 0.127 e. The maximum atomic E-state index is 4.80. The molecule has 0 atom stereocenters. The second kappa shape index (κ2) is 5.60. The number of fused-ring (bicyclic) bond motifs is 6. The van der Waals surface area contributed by atoms with Gasteiger partial charge in [-0.3, -0.25) is 0 Å². The molecule has 0 amide bonds. The second-order valence-electron chi connectivity index (χ2n) is 5.18. The normalized spacial score (nSPS) is 14.5. The summed E-state index contributed by atoms with van der Waals surface area (Å²) in [6.45, 7) is 2.03. The fourth-order valence-corrected chi connectivity index (χ4v) is 3.60. The Hall–Kier alpha value is -1.94. The number of benzene rings is 2. The van der Waals surface area contributed by atoms with E-state index in [1.54, 1.807) is 11.3 Å². The van der Waals surface area contributed by atoms with E-state index >= 15 is 0 Å². The van der Waals surface area contributed by atoms with Crippen molar-refractivity contribution in [1.29, 1.82) is 0 Å². The molecule has 23 heavy (non-hydrogen) atoms. The third-order valence-electron chi connectivity index (χ3n) is 3.92. The molecule has 2 aliphatic rings. The summed E-state index contributed by atoms with van der Waals surface area (Å²) in [6.07, 6.45) is 0. The molecular formula is C18H11IrN3S-2. The van der Waals surface area contributed by atoms with Gasteiger partial charge in [-0.25, -0.2) is 0 Å². The minimum absolute atomic E-state index is 0. The van der Waals surface area contributed by atoms with E-state index in [0.29, 0.717) is 0 Å². The van der Waals surface area contributed by atoms with E-state index in [4.69, 9.17) is 5.10 Å². The predicted octanol–water partition coefficient (Wildman–Crippen LogP) is 4.33. The van der Waals surface area contributed by atoms with Crippen molar-refractivity contribution in [2.75, 3.05) is 9.91 Å². The minimum Gasteiger partial charge on any atom is -0.476 e. The standard InChI is InChI=1S/C18H11N3S.Ir/c1-2-8-15-13(6-1)14-7-3-4-9-16(14)20-12-21(19-18(15)20)17-10-5-11-22-17;/h1-8,10-12H;/q-2;. The molecule has 3 aromatic rings. The first-order chi connectivity index (χ1) is 10.9. The van der Waals surface area contributed by atoms with E-state index in [9.17, 15) is 0 Å². The van der Waals surface area contributed by atoms with Crippen LogP contribution in [-0.4, -0.2) is 5.84 Å². The Balaban J connectivity index is 0.00000135. The molecule has 1 radical (unpaired) electrons. The van der Waals surface area contributed by atoms with Gasteiger partial charge in [0, 0.05) is 25.7 Å². The van der Waals surface area contributed by atoms with Crippen LogP contribution in [0.5, 0.6) is 0 Å². The zero-order valence-corrected chi connectivity index (χ0v) is 15.1. The number of para-hydroxylation sites is 1. The molecule has 1 aromatic heterocycles. The van der Waals surface area contributed by atoms with Crippen LogP contribution < -0.4 is 9.91 Å². The maximum absolute atomic E-state index is 4.80. The first-order valence-electron chi connectivity index (χ1n) is 7.08. The topological polar surface area (TPSA) is 18.8 Å². The van der Waals surface area contributed by atoms with Crippen LogP contribution in [0.3, 0.4) is 0 Å². The Morgan fingerprint density at radius 2 is 1.78 bits per heavy atom. The van der Waals surface area contributed by atoms with Gasteiger partial charge in [0.25, 0.3) is 0 Å². The quantitative estimate of drug-likeness (QED) is 0.470. The van der Waals surface area contributed by atoms with Gasteiger partial charge in [0.1, 0.15) is 5.84 Å². The Bertz CT molecular complexity index is 889. The Kier molecular flexibility index (Phi) is 3.57. The summed E-state index contributed by atoms with van der Waals surface area (Å²) in [6, 6.07) is 22.0. The van der Waals surface area contributed by atoms with Crippen molar-refractivity contribution < 1.29 is 20.1 Å². The van der Waals surface area contributed by atoms with Crippen molar-refractivity contribution in [2.45, 2.75) is 0 Å². The fraction of sp³-hybridized carbons (Fsp3) is 0. The molecule has 0 spiro atoms. The van der Waals surface area contributed by atoms with Crippen LogP contribution in [0.25, 0.3) is 11.1 Å². The van der Waals surface area contributed by atoms with Crippen LogP contribution >= 0.6 is 11.3 Å². The van der Waals surface area contributed by atoms with Crippen LogP contribution in [0.4, 0.5) is 10.7 Å². The average Bonchev–Trinajstić information content (AvgIpc) is 3.24. The molecule has 0 saturated heterocycles. The molecule has 5 heteroatoms. The molecule has 0 N–H and O–H groups in total. The van der Waals surface area contributed by atoms with Crippen molar-refractivity contribution in [3.8, 4) is 11.1 Å². The van der Waals surface area contributed by atoms with Crippen molar-refractivity contribution in [3.63, 3.8) is 0 Å². The van der Waals surface area contributed by atoms with Crippen LogP contribution in [0.1, 0.15) is 5.56 Å². The average molecular weight is 494 g/mol. The minimum atomic E-state index is 0. The zero-order valence-electron chi connectivity index (χ0n) is 11.9. The molecule has 0 bridgehead atoms. The van der Waals surface area contributed by atoms with Crippen LogP contribution in [0, 0.1) is 12.7 Å². The number of hydrazone groups is 1. The van der Waals surface area contributed by atoms with Crippen molar-refractivity contribution >= 4 is 27.9 Å². The van der Waals surface area contributed by atoms with E-state index in [0.717, 1.165) is 22.1 Å². The first kappa shape index (κ1) is 14.6. The smallest absolute Gasteiger partial charge is 0.127 e. The molecule has 115 valence electrons. The number of hydrogen-bond donors (Lipinski definition) is 0. The van der Waals surface area contributed by atoms with Crippen LogP contribution in [-0.2, 0) is 20.1 Å². The van der Waals surface area contributed by atoms with Gasteiger partial charge < -0.3 is 9.91 Å². The first-order valence-corrected chi connectivity index (χ1v) is 7.96. The number of anilines is 2. The van der Waals surface area contributed by atoms with Crippen LogP contribution in [0.15, 0.2) is 65.1 Å². The molecule has 2 aromatic carbocycles. The SMILES string of the molecule is [Ir].[c-]1cccc2c1N1[CH-]N(c3cccs3)N=C1c1ccccc1-2. The van der Waals surface area contributed by atoms with Gasteiger partial charge in [-0.15, -0.1) is 23.6 Å². The number of hydrogen-bond acceptors (Lipinski definition) is 4. The molecule has 0 saturated carbocycles. The Morgan fingerprint density at radius 1 is 0.957 bits per heavy atom. The molecular weight excluding hydrogens is 483 g/mol. The summed E-state index contributed by atoms with van der Waals surface area (Å²) >= 11 is 1.68.